The summed E-state index contributed by atoms with van der Waals surface area (Å²) in [6.45, 7) is 0.643. The smallest absolute Gasteiger partial charge is 0.164 e. The summed E-state index contributed by atoms with van der Waals surface area (Å²) in [6, 6.07) is 12.0. The highest BCUT2D eigenvalue weighted by molar-refractivity contribution is 14.1. The van der Waals surface area contributed by atoms with Gasteiger partial charge >= 0.3 is 0 Å². The molecule has 0 aliphatic rings. The molecule has 0 aromatic heterocycles. The third-order valence-corrected chi connectivity index (χ3v) is 3.83. The second-order valence-electron chi connectivity index (χ2n) is 4.38. The lowest BCUT2D eigenvalue weighted by Crippen LogP contribution is -2.03. The summed E-state index contributed by atoms with van der Waals surface area (Å²) in [4.78, 5) is 0. The molecule has 112 valence electrons. The van der Waals surface area contributed by atoms with Crippen LogP contribution in [0.15, 0.2) is 36.4 Å². The molecule has 0 heterocycles. The van der Waals surface area contributed by atoms with Gasteiger partial charge in [0.15, 0.2) is 11.5 Å². The van der Waals surface area contributed by atoms with Gasteiger partial charge in [-0.2, -0.15) is 0 Å². The third kappa shape index (κ3) is 3.93. The van der Waals surface area contributed by atoms with Crippen molar-refractivity contribution in [3.63, 3.8) is 0 Å². The van der Waals surface area contributed by atoms with E-state index in [0.29, 0.717) is 18.0 Å². The van der Waals surface area contributed by atoms with Crippen LogP contribution in [0.2, 0.25) is 0 Å². The Labute approximate surface area is 138 Å². The zero-order chi connectivity index (χ0) is 15.2. The Morgan fingerprint density at radius 3 is 2.00 bits per heavy atom. The molecule has 21 heavy (non-hydrogen) atoms. The van der Waals surface area contributed by atoms with Gasteiger partial charge in [-0.3, -0.25) is 0 Å². The lowest BCUT2D eigenvalue weighted by atomic mass is 10.1. The third-order valence-electron chi connectivity index (χ3n) is 3.11. The molecule has 5 heteroatoms. The van der Waals surface area contributed by atoms with Crippen molar-refractivity contribution in [1.82, 2.24) is 0 Å². The van der Waals surface area contributed by atoms with Gasteiger partial charge in [-0.15, -0.1) is 0 Å². The molecule has 0 aliphatic carbocycles. The van der Waals surface area contributed by atoms with Gasteiger partial charge < -0.3 is 19.5 Å². The van der Waals surface area contributed by atoms with Gasteiger partial charge in [0.1, 0.15) is 5.75 Å². The summed E-state index contributed by atoms with van der Waals surface area (Å²) in [5.74, 6) is 2.12. The number of hydrogen-bond acceptors (Lipinski definition) is 4. The lowest BCUT2D eigenvalue weighted by Gasteiger charge is -2.15. The molecule has 0 saturated heterocycles. The van der Waals surface area contributed by atoms with Gasteiger partial charge in [-0.25, -0.2) is 0 Å². The van der Waals surface area contributed by atoms with Crippen LogP contribution in [0.4, 0.5) is 5.69 Å². The Hall–Kier alpha value is -1.63. The molecule has 2 aromatic rings. The number of rotatable bonds is 6. The molecular formula is C16H18INO3. The van der Waals surface area contributed by atoms with Gasteiger partial charge in [0, 0.05) is 27.4 Å². The monoisotopic (exact) mass is 399 g/mol. The second kappa shape index (κ2) is 7.40. The highest BCUT2D eigenvalue weighted by Crippen LogP contribution is 2.34. The molecule has 0 radical (unpaired) electrons. The number of methoxy groups -OCH3 is 3. The SMILES string of the molecule is COc1cc(OC)c(OC)cc1CNc1ccc(I)cc1. The first-order valence-corrected chi connectivity index (χ1v) is 7.54. The fourth-order valence-corrected chi connectivity index (χ4v) is 2.36. The first kappa shape index (κ1) is 15.8. The molecule has 0 aliphatic heterocycles. The molecule has 0 atom stereocenters. The van der Waals surface area contributed by atoms with E-state index in [1.54, 1.807) is 21.3 Å². The molecule has 0 fully saturated rings. The number of nitrogens with one attached hydrogen (secondary N) is 1. The molecule has 4 nitrogen and oxygen atoms in total. The van der Waals surface area contributed by atoms with Crippen molar-refractivity contribution >= 4 is 28.3 Å². The van der Waals surface area contributed by atoms with E-state index in [-0.39, 0.29) is 0 Å². The van der Waals surface area contributed by atoms with E-state index in [9.17, 15) is 0 Å². The predicted molar refractivity (Wildman–Crippen MR) is 92.6 cm³/mol. The van der Waals surface area contributed by atoms with Crippen LogP contribution in [0.1, 0.15) is 5.56 Å². The molecule has 0 spiro atoms. The Bertz CT molecular complexity index is 599. The standard InChI is InChI=1S/C16H18INO3/c1-19-14-9-16(21-3)15(20-2)8-11(14)10-18-13-6-4-12(17)5-7-13/h4-9,18H,10H2,1-3H3. The van der Waals surface area contributed by atoms with E-state index in [4.69, 9.17) is 14.2 Å². The van der Waals surface area contributed by atoms with Crippen LogP contribution in [0.3, 0.4) is 0 Å². The summed E-state index contributed by atoms with van der Waals surface area (Å²) in [7, 11) is 4.89. The predicted octanol–water partition coefficient (Wildman–Crippen LogP) is 3.93. The van der Waals surface area contributed by atoms with Crippen LogP contribution in [0.25, 0.3) is 0 Å². The van der Waals surface area contributed by atoms with E-state index in [2.05, 4.69) is 52.2 Å². The van der Waals surface area contributed by atoms with Crippen molar-refractivity contribution in [2.45, 2.75) is 6.54 Å². The van der Waals surface area contributed by atoms with Crippen molar-refractivity contribution in [3.05, 3.63) is 45.5 Å². The maximum atomic E-state index is 5.42. The van der Waals surface area contributed by atoms with Crippen LogP contribution in [-0.2, 0) is 6.54 Å². The highest BCUT2D eigenvalue weighted by Gasteiger charge is 2.11. The molecule has 2 aromatic carbocycles. The van der Waals surface area contributed by atoms with E-state index >= 15 is 0 Å². The first-order valence-electron chi connectivity index (χ1n) is 6.46. The Balaban J connectivity index is 2.20. The topological polar surface area (TPSA) is 39.7 Å². The lowest BCUT2D eigenvalue weighted by molar-refractivity contribution is 0.347. The molecule has 0 bridgehead atoms. The van der Waals surface area contributed by atoms with E-state index in [0.717, 1.165) is 17.0 Å². The number of anilines is 1. The van der Waals surface area contributed by atoms with Gasteiger partial charge in [0.2, 0.25) is 0 Å². The summed E-state index contributed by atoms with van der Waals surface area (Å²) < 4.78 is 17.2. The van der Waals surface area contributed by atoms with Crippen molar-refractivity contribution in [1.29, 1.82) is 0 Å². The molecule has 0 amide bonds. The Morgan fingerprint density at radius 1 is 0.857 bits per heavy atom. The summed E-state index contributed by atoms with van der Waals surface area (Å²) in [5, 5.41) is 3.37. The van der Waals surface area contributed by atoms with Crippen molar-refractivity contribution in [2.75, 3.05) is 26.6 Å². The fraction of sp³-hybridized carbons (Fsp3) is 0.250. The van der Waals surface area contributed by atoms with Crippen LogP contribution in [-0.4, -0.2) is 21.3 Å². The molecular weight excluding hydrogens is 381 g/mol. The summed E-state index contributed by atoms with van der Waals surface area (Å²) in [6.07, 6.45) is 0. The minimum atomic E-state index is 0.643. The summed E-state index contributed by atoms with van der Waals surface area (Å²) in [5.41, 5.74) is 2.07. The number of hydrogen-bond donors (Lipinski definition) is 1. The normalized spacial score (nSPS) is 10.1. The minimum absolute atomic E-state index is 0.643. The van der Waals surface area contributed by atoms with Gasteiger partial charge in [0.05, 0.1) is 21.3 Å². The Kier molecular flexibility index (Phi) is 5.55. The van der Waals surface area contributed by atoms with Gasteiger partial charge in [0.25, 0.3) is 0 Å². The summed E-state index contributed by atoms with van der Waals surface area (Å²) >= 11 is 2.29. The number of halogens is 1. The van der Waals surface area contributed by atoms with Crippen LogP contribution < -0.4 is 19.5 Å². The molecule has 1 N–H and O–H groups in total. The molecule has 0 saturated carbocycles. The number of benzene rings is 2. The number of ether oxygens (including phenoxy) is 3. The second-order valence-corrected chi connectivity index (χ2v) is 5.63. The van der Waals surface area contributed by atoms with Gasteiger partial charge in [-0.1, -0.05) is 0 Å². The van der Waals surface area contributed by atoms with Crippen LogP contribution in [0, 0.1) is 3.57 Å². The zero-order valence-corrected chi connectivity index (χ0v) is 14.4. The van der Waals surface area contributed by atoms with Crippen molar-refractivity contribution in [2.24, 2.45) is 0 Å². The maximum Gasteiger partial charge on any atom is 0.164 e. The van der Waals surface area contributed by atoms with E-state index in [1.165, 1.54) is 3.57 Å². The van der Waals surface area contributed by atoms with E-state index < -0.39 is 0 Å². The van der Waals surface area contributed by atoms with Crippen LogP contribution in [0.5, 0.6) is 17.2 Å². The molecule has 2 rings (SSSR count). The maximum absolute atomic E-state index is 5.42. The Morgan fingerprint density at radius 2 is 1.43 bits per heavy atom. The fourth-order valence-electron chi connectivity index (χ4n) is 2.00. The zero-order valence-electron chi connectivity index (χ0n) is 12.3. The first-order chi connectivity index (χ1) is 10.2. The van der Waals surface area contributed by atoms with Gasteiger partial charge in [-0.05, 0) is 52.9 Å². The average molecular weight is 399 g/mol. The quantitative estimate of drug-likeness (QED) is 0.748. The van der Waals surface area contributed by atoms with Crippen LogP contribution >= 0.6 is 22.6 Å². The largest absolute Gasteiger partial charge is 0.496 e. The highest BCUT2D eigenvalue weighted by atomic mass is 127. The average Bonchev–Trinajstić information content (AvgIpc) is 2.53. The van der Waals surface area contributed by atoms with Crippen molar-refractivity contribution in [3.8, 4) is 17.2 Å². The van der Waals surface area contributed by atoms with Crippen molar-refractivity contribution < 1.29 is 14.2 Å². The van der Waals surface area contributed by atoms with E-state index in [1.807, 2.05) is 12.1 Å². The molecule has 0 unspecified atom stereocenters. The minimum Gasteiger partial charge on any atom is -0.496 e.